The number of carbonyl (C=O) groups is 1. The molecule has 0 bridgehead atoms. The van der Waals surface area contributed by atoms with Gasteiger partial charge in [0, 0.05) is 6.07 Å². The number of amides is 1. The van der Waals surface area contributed by atoms with Gasteiger partial charge in [0.25, 0.3) is 5.91 Å². The standard InChI is InChI=1S/C13H18ClNO3/c1-3-5-17-11-8-12(18-6-4-2)10(14)7-9(11)13(15)16/h7-8H,3-6H2,1-2H3,(H2,15,16). The number of hydrogen-bond donors (Lipinski definition) is 1. The largest absolute Gasteiger partial charge is 0.493 e. The molecule has 0 aliphatic rings. The van der Waals surface area contributed by atoms with Crippen LogP contribution in [0, 0.1) is 0 Å². The first-order valence-electron chi connectivity index (χ1n) is 5.99. The van der Waals surface area contributed by atoms with E-state index in [0.29, 0.717) is 29.7 Å². The van der Waals surface area contributed by atoms with Crippen LogP contribution < -0.4 is 15.2 Å². The highest BCUT2D eigenvalue weighted by atomic mass is 35.5. The molecule has 0 aromatic heterocycles. The monoisotopic (exact) mass is 271 g/mol. The summed E-state index contributed by atoms with van der Waals surface area (Å²) >= 11 is 6.03. The van der Waals surface area contributed by atoms with Gasteiger partial charge in [-0.15, -0.1) is 0 Å². The third kappa shape index (κ3) is 3.81. The molecule has 0 unspecified atom stereocenters. The lowest BCUT2D eigenvalue weighted by molar-refractivity contribution is 0.0996. The minimum Gasteiger partial charge on any atom is -0.493 e. The fraction of sp³-hybridized carbons (Fsp3) is 0.462. The van der Waals surface area contributed by atoms with Crippen LogP contribution in [0.5, 0.6) is 11.5 Å². The summed E-state index contributed by atoms with van der Waals surface area (Å²) < 4.78 is 11.0. The fourth-order valence-corrected chi connectivity index (χ4v) is 1.60. The molecular weight excluding hydrogens is 254 g/mol. The number of carbonyl (C=O) groups excluding carboxylic acids is 1. The van der Waals surface area contributed by atoms with Crippen molar-refractivity contribution in [3.63, 3.8) is 0 Å². The molecular formula is C13H18ClNO3. The Kier molecular flexibility index (Phi) is 5.78. The first kappa shape index (κ1) is 14.6. The van der Waals surface area contributed by atoms with E-state index < -0.39 is 5.91 Å². The Morgan fingerprint density at radius 3 is 2.22 bits per heavy atom. The third-order valence-corrected chi connectivity index (χ3v) is 2.52. The highest BCUT2D eigenvalue weighted by Crippen LogP contribution is 2.33. The number of ether oxygens (including phenoxy) is 2. The zero-order valence-corrected chi connectivity index (χ0v) is 11.4. The molecule has 18 heavy (non-hydrogen) atoms. The molecule has 0 atom stereocenters. The van der Waals surface area contributed by atoms with E-state index in [2.05, 4.69) is 0 Å². The number of primary amides is 1. The maximum Gasteiger partial charge on any atom is 0.252 e. The Morgan fingerprint density at radius 2 is 1.72 bits per heavy atom. The van der Waals surface area contributed by atoms with Crippen molar-refractivity contribution < 1.29 is 14.3 Å². The quantitative estimate of drug-likeness (QED) is 0.829. The Balaban J connectivity index is 3.05. The van der Waals surface area contributed by atoms with Crippen molar-refractivity contribution in [2.45, 2.75) is 26.7 Å². The van der Waals surface area contributed by atoms with E-state index in [1.165, 1.54) is 6.07 Å². The minimum absolute atomic E-state index is 0.275. The Bertz CT molecular complexity index is 421. The topological polar surface area (TPSA) is 61.6 Å². The average Bonchev–Trinajstić information content (AvgIpc) is 2.35. The Hall–Kier alpha value is -1.42. The highest BCUT2D eigenvalue weighted by molar-refractivity contribution is 6.32. The van der Waals surface area contributed by atoms with Crippen molar-refractivity contribution in [1.29, 1.82) is 0 Å². The zero-order valence-electron chi connectivity index (χ0n) is 10.7. The van der Waals surface area contributed by atoms with Gasteiger partial charge in [-0.1, -0.05) is 25.4 Å². The second-order valence-electron chi connectivity index (χ2n) is 3.84. The molecule has 1 aromatic rings. The zero-order chi connectivity index (χ0) is 13.5. The minimum atomic E-state index is -0.565. The van der Waals surface area contributed by atoms with Gasteiger partial charge in [-0.25, -0.2) is 0 Å². The van der Waals surface area contributed by atoms with Gasteiger partial charge in [-0.2, -0.15) is 0 Å². The SMILES string of the molecule is CCCOc1cc(OCCC)c(C(N)=O)cc1Cl. The van der Waals surface area contributed by atoms with Gasteiger partial charge in [0.05, 0.1) is 23.8 Å². The van der Waals surface area contributed by atoms with E-state index in [0.717, 1.165) is 12.8 Å². The van der Waals surface area contributed by atoms with Crippen molar-refractivity contribution in [2.24, 2.45) is 5.73 Å². The number of hydrogen-bond acceptors (Lipinski definition) is 3. The van der Waals surface area contributed by atoms with Crippen molar-refractivity contribution in [3.05, 3.63) is 22.7 Å². The normalized spacial score (nSPS) is 10.2. The lowest BCUT2D eigenvalue weighted by atomic mass is 10.2. The molecule has 0 saturated carbocycles. The van der Waals surface area contributed by atoms with E-state index in [1.54, 1.807) is 6.07 Å². The number of nitrogens with two attached hydrogens (primary N) is 1. The van der Waals surface area contributed by atoms with Gasteiger partial charge in [-0.05, 0) is 18.9 Å². The van der Waals surface area contributed by atoms with Crippen molar-refractivity contribution in [3.8, 4) is 11.5 Å². The van der Waals surface area contributed by atoms with Crippen molar-refractivity contribution in [1.82, 2.24) is 0 Å². The molecule has 0 spiro atoms. The maximum absolute atomic E-state index is 11.3. The van der Waals surface area contributed by atoms with E-state index in [4.69, 9.17) is 26.8 Å². The molecule has 0 saturated heterocycles. The predicted octanol–water partition coefficient (Wildman–Crippen LogP) is 3.02. The van der Waals surface area contributed by atoms with E-state index in [-0.39, 0.29) is 5.56 Å². The van der Waals surface area contributed by atoms with Gasteiger partial charge >= 0.3 is 0 Å². The van der Waals surface area contributed by atoms with Crippen LogP contribution in [-0.2, 0) is 0 Å². The first-order valence-corrected chi connectivity index (χ1v) is 6.36. The molecule has 0 fully saturated rings. The third-order valence-electron chi connectivity index (χ3n) is 2.22. The fourth-order valence-electron chi connectivity index (χ4n) is 1.38. The van der Waals surface area contributed by atoms with Crippen LogP contribution in [0.15, 0.2) is 12.1 Å². The number of halogens is 1. The molecule has 100 valence electrons. The molecule has 2 N–H and O–H groups in total. The van der Waals surface area contributed by atoms with Crippen LogP contribution in [0.3, 0.4) is 0 Å². The predicted molar refractivity (Wildman–Crippen MR) is 71.5 cm³/mol. The molecule has 0 heterocycles. The summed E-state index contributed by atoms with van der Waals surface area (Å²) in [7, 11) is 0. The molecule has 5 heteroatoms. The van der Waals surface area contributed by atoms with E-state index in [9.17, 15) is 4.79 Å². The van der Waals surface area contributed by atoms with Crippen LogP contribution >= 0.6 is 11.6 Å². The molecule has 4 nitrogen and oxygen atoms in total. The van der Waals surface area contributed by atoms with Crippen molar-refractivity contribution >= 4 is 17.5 Å². The van der Waals surface area contributed by atoms with E-state index in [1.807, 2.05) is 13.8 Å². The maximum atomic E-state index is 11.3. The van der Waals surface area contributed by atoms with Gasteiger partial charge in [0.15, 0.2) is 0 Å². The first-order chi connectivity index (χ1) is 8.60. The molecule has 1 amide bonds. The van der Waals surface area contributed by atoms with Gasteiger partial charge in [0.2, 0.25) is 0 Å². The number of benzene rings is 1. The van der Waals surface area contributed by atoms with Crippen LogP contribution in [0.2, 0.25) is 5.02 Å². The summed E-state index contributed by atoms with van der Waals surface area (Å²) in [6, 6.07) is 3.10. The molecule has 0 aliphatic carbocycles. The van der Waals surface area contributed by atoms with Crippen LogP contribution in [-0.4, -0.2) is 19.1 Å². The summed E-state index contributed by atoms with van der Waals surface area (Å²) in [6.45, 7) is 5.05. The van der Waals surface area contributed by atoms with Gasteiger partial charge in [0.1, 0.15) is 11.5 Å². The summed E-state index contributed by atoms with van der Waals surface area (Å²) in [5.74, 6) is 0.361. The summed E-state index contributed by atoms with van der Waals surface area (Å²) in [6.07, 6.45) is 1.71. The lowest BCUT2D eigenvalue weighted by Crippen LogP contribution is -2.13. The van der Waals surface area contributed by atoms with Crippen LogP contribution in [0.4, 0.5) is 0 Å². The van der Waals surface area contributed by atoms with Crippen LogP contribution in [0.25, 0.3) is 0 Å². The summed E-state index contributed by atoms with van der Waals surface area (Å²) in [4.78, 5) is 11.3. The highest BCUT2D eigenvalue weighted by Gasteiger charge is 2.14. The number of rotatable bonds is 7. The Labute approximate surface area is 112 Å². The molecule has 1 aromatic carbocycles. The summed E-state index contributed by atoms with van der Waals surface area (Å²) in [5.41, 5.74) is 5.56. The van der Waals surface area contributed by atoms with Crippen LogP contribution in [0.1, 0.15) is 37.0 Å². The van der Waals surface area contributed by atoms with Gasteiger partial charge < -0.3 is 15.2 Å². The average molecular weight is 272 g/mol. The second kappa shape index (κ2) is 7.11. The summed E-state index contributed by atoms with van der Waals surface area (Å²) in [5, 5.41) is 0.362. The Morgan fingerprint density at radius 1 is 1.17 bits per heavy atom. The molecule has 0 radical (unpaired) electrons. The van der Waals surface area contributed by atoms with E-state index >= 15 is 0 Å². The van der Waals surface area contributed by atoms with Crippen molar-refractivity contribution in [2.75, 3.05) is 13.2 Å². The lowest BCUT2D eigenvalue weighted by Gasteiger charge is -2.13. The van der Waals surface area contributed by atoms with Gasteiger partial charge in [-0.3, -0.25) is 4.79 Å². The second-order valence-corrected chi connectivity index (χ2v) is 4.25. The smallest absolute Gasteiger partial charge is 0.252 e. The molecule has 1 rings (SSSR count). The molecule has 0 aliphatic heterocycles.